The molecule has 1 aliphatic heterocycles. The van der Waals surface area contributed by atoms with Crippen molar-refractivity contribution in [3.8, 4) is 0 Å². The molecule has 114 valence electrons. The van der Waals surface area contributed by atoms with Gasteiger partial charge in [-0.3, -0.25) is 4.79 Å². The Bertz CT molecular complexity index is 527. The van der Waals surface area contributed by atoms with Crippen LogP contribution < -0.4 is 5.73 Å². The molecule has 0 radical (unpaired) electrons. The molecule has 0 bridgehead atoms. The van der Waals surface area contributed by atoms with E-state index in [-0.39, 0.29) is 12.6 Å². The van der Waals surface area contributed by atoms with E-state index in [2.05, 4.69) is 12.1 Å². The summed E-state index contributed by atoms with van der Waals surface area (Å²) in [6.07, 6.45) is 4.19. The van der Waals surface area contributed by atoms with Crippen molar-refractivity contribution in [1.29, 1.82) is 0 Å². The molecule has 3 N–H and O–H groups in total. The average molecular weight is 289 g/mol. The van der Waals surface area contributed by atoms with Gasteiger partial charge in [-0.05, 0) is 36.3 Å². The summed E-state index contributed by atoms with van der Waals surface area (Å²) in [7, 11) is 0. The van der Waals surface area contributed by atoms with Gasteiger partial charge < -0.3 is 15.6 Å². The highest BCUT2D eigenvalue weighted by molar-refractivity contribution is 5.75. The van der Waals surface area contributed by atoms with Gasteiger partial charge in [-0.15, -0.1) is 0 Å². The minimum atomic E-state index is -0.851. The van der Waals surface area contributed by atoms with E-state index in [4.69, 9.17) is 10.5 Å². The molecule has 2 aliphatic rings. The van der Waals surface area contributed by atoms with Gasteiger partial charge >= 0.3 is 5.97 Å². The van der Waals surface area contributed by atoms with E-state index in [0.717, 1.165) is 24.8 Å². The number of fused-ring (bicyclic) bond motifs is 1. The van der Waals surface area contributed by atoms with Crippen molar-refractivity contribution in [3.63, 3.8) is 0 Å². The zero-order chi connectivity index (χ0) is 14.9. The van der Waals surface area contributed by atoms with Gasteiger partial charge in [0.1, 0.15) is 0 Å². The fourth-order valence-electron chi connectivity index (χ4n) is 3.39. The number of carboxylic acids is 1. The van der Waals surface area contributed by atoms with Gasteiger partial charge in [-0.1, -0.05) is 37.1 Å². The number of aliphatic carboxylic acids is 1. The Kier molecular flexibility index (Phi) is 4.00. The van der Waals surface area contributed by atoms with E-state index >= 15 is 0 Å². The van der Waals surface area contributed by atoms with Crippen LogP contribution >= 0.6 is 0 Å². The predicted octanol–water partition coefficient (Wildman–Crippen LogP) is 2.52. The molecule has 1 heterocycles. The summed E-state index contributed by atoms with van der Waals surface area (Å²) in [5.41, 5.74) is 7.45. The van der Waals surface area contributed by atoms with Crippen LogP contribution in [0.1, 0.15) is 42.9 Å². The van der Waals surface area contributed by atoms with Crippen LogP contribution in [0.25, 0.3) is 0 Å². The van der Waals surface area contributed by atoms with Crippen molar-refractivity contribution in [3.05, 3.63) is 35.4 Å². The first-order valence-corrected chi connectivity index (χ1v) is 7.77. The van der Waals surface area contributed by atoms with Crippen LogP contribution in [-0.4, -0.2) is 24.2 Å². The highest BCUT2D eigenvalue weighted by Gasteiger charge is 2.44. The van der Waals surface area contributed by atoms with Crippen LogP contribution in [0.15, 0.2) is 24.3 Å². The Morgan fingerprint density at radius 2 is 2.10 bits per heavy atom. The van der Waals surface area contributed by atoms with Crippen LogP contribution in [-0.2, 0) is 16.0 Å². The number of rotatable bonds is 6. The lowest BCUT2D eigenvalue weighted by Crippen LogP contribution is -2.41. The maximum absolute atomic E-state index is 11.9. The number of carbonyl (C=O) groups is 1. The van der Waals surface area contributed by atoms with Crippen molar-refractivity contribution >= 4 is 5.97 Å². The van der Waals surface area contributed by atoms with Crippen LogP contribution in [0.3, 0.4) is 0 Å². The quantitative estimate of drug-likeness (QED) is 0.844. The number of hydrogen-bond acceptors (Lipinski definition) is 3. The number of nitrogens with two attached hydrogens (primary N) is 1. The number of carboxylic acid groups (broad SMARTS) is 1. The second kappa shape index (κ2) is 5.78. The molecule has 0 spiro atoms. The maximum atomic E-state index is 11.9. The Hall–Kier alpha value is -1.39. The molecular weight excluding hydrogens is 266 g/mol. The molecule has 0 aromatic heterocycles. The number of ether oxygens (including phenoxy) is 1. The standard InChI is InChI=1S/C17H23NO3/c18-11-17(16(19)20,9-12-5-6-12)10-15-14-4-2-1-3-13(14)7-8-21-15/h1-4,12,15H,5-11,18H2,(H,19,20). The van der Waals surface area contributed by atoms with E-state index in [1.165, 1.54) is 5.56 Å². The number of hydrogen-bond donors (Lipinski definition) is 2. The first kappa shape index (κ1) is 14.5. The second-order valence-corrected chi connectivity index (χ2v) is 6.45. The Morgan fingerprint density at radius 1 is 1.33 bits per heavy atom. The predicted molar refractivity (Wildman–Crippen MR) is 79.9 cm³/mol. The minimum Gasteiger partial charge on any atom is -0.481 e. The van der Waals surface area contributed by atoms with E-state index in [9.17, 15) is 9.90 Å². The molecule has 1 saturated carbocycles. The summed E-state index contributed by atoms with van der Waals surface area (Å²) in [4.78, 5) is 11.9. The monoisotopic (exact) mass is 289 g/mol. The Balaban J connectivity index is 1.84. The van der Waals surface area contributed by atoms with E-state index in [1.807, 2.05) is 12.1 Å². The van der Waals surface area contributed by atoms with Gasteiger partial charge in [0, 0.05) is 6.54 Å². The van der Waals surface area contributed by atoms with E-state index in [0.29, 0.717) is 25.4 Å². The molecule has 2 atom stereocenters. The Labute approximate surface area is 125 Å². The van der Waals surface area contributed by atoms with Gasteiger partial charge in [-0.2, -0.15) is 0 Å². The topological polar surface area (TPSA) is 72.5 Å². The zero-order valence-corrected chi connectivity index (χ0v) is 12.3. The van der Waals surface area contributed by atoms with Crippen LogP contribution in [0.5, 0.6) is 0 Å². The summed E-state index contributed by atoms with van der Waals surface area (Å²) < 4.78 is 5.90. The third-order valence-electron chi connectivity index (χ3n) is 4.89. The van der Waals surface area contributed by atoms with Crippen molar-refractivity contribution < 1.29 is 14.6 Å². The van der Waals surface area contributed by atoms with Crippen LogP contribution in [0.4, 0.5) is 0 Å². The normalized spacial score (nSPS) is 24.1. The third kappa shape index (κ3) is 2.97. The maximum Gasteiger partial charge on any atom is 0.311 e. The molecule has 2 unspecified atom stereocenters. The largest absolute Gasteiger partial charge is 0.481 e. The smallest absolute Gasteiger partial charge is 0.311 e. The summed E-state index contributed by atoms with van der Waals surface area (Å²) in [5, 5.41) is 9.74. The molecule has 0 saturated heterocycles. The minimum absolute atomic E-state index is 0.145. The van der Waals surface area contributed by atoms with Crippen molar-refractivity contribution in [1.82, 2.24) is 0 Å². The zero-order valence-electron chi connectivity index (χ0n) is 12.3. The van der Waals surface area contributed by atoms with E-state index < -0.39 is 11.4 Å². The van der Waals surface area contributed by atoms with Crippen LogP contribution in [0, 0.1) is 11.3 Å². The lowest BCUT2D eigenvalue weighted by atomic mass is 9.75. The van der Waals surface area contributed by atoms with Crippen molar-refractivity contribution in [2.24, 2.45) is 17.1 Å². The SMILES string of the molecule is NCC(CC1CC1)(CC1OCCc2ccccc21)C(=O)O. The lowest BCUT2D eigenvalue weighted by molar-refractivity contribution is -0.152. The summed E-state index contributed by atoms with van der Waals surface area (Å²) >= 11 is 0. The molecule has 1 fully saturated rings. The molecule has 21 heavy (non-hydrogen) atoms. The van der Waals surface area contributed by atoms with E-state index in [1.54, 1.807) is 0 Å². The average Bonchev–Trinajstić information content (AvgIpc) is 3.30. The first-order chi connectivity index (χ1) is 10.1. The molecule has 4 heteroatoms. The van der Waals surface area contributed by atoms with Gasteiger partial charge in [0.05, 0.1) is 18.1 Å². The molecular formula is C17H23NO3. The van der Waals surface area contributed by atoms with Gasteiger partial charge in [0.2, 0.25) is 0 Å². The van der Waals surface area contributed by atoms with Gasteiger partial charge in [0.25, 0.3) is 0 Å². The van der Waals surface area contributed by atoms with Gasteiger partial charge in [0.15, 0.2) is 0 Å². The molecule has 3 rings (SSSR count). The summed E-state index contributed by atoms with van der Waals surface area (Å²) in [6, 6.07) is 8.18. The van der Waals surface area contributed by atoms with Gasteiger partial charge in [-0.25, -0.2) is 0 Å². The highest BCUT2D eigenvalue weighted by atomic mass is 16.5. The van der Waals surface area contributed by atoms with Crippen molar-refractivity contribution in [2.45, 2.75) is 38.2 Å². The molecule has 1 aliphatic carbocycles. The lowest BCUT2D eigenvalue weighted by Gasteiger charge is -2.35. The summed E-state index contributed by atoms with van der Waals surface area (Å²) in [5.74, 6) is -0.243. The fourth-order valence-corrected chi connectivity index (χ4v) is 3.39. The fraction of sp³-hybridized carbons (Fsp3) is 0.588. The second-order valence-electron chi connectivity index (χ2n) is 6.45. The molecule has 4 nitrogen and oxygen atoms in total. The molecule has 1 aromatic rings. The molecule has 0 amide bonds. The van der Waals surface area contributed by atoms with Crippen molar-refractivity contribution in [2.75, 3.05) is 13.2 Å². The Morgan fingerprint density at radius 3 is 2.76 bits per heavy atom. The van der Waals surface area contributed by atoms with Crippen LogP contribution in [0.2, 0.25) is 0 Å². The summed E-state index contributed by atoms with van der Waals surface area (Å²) in [6.45, 7) is 0.840. The highest BCUT2D eigenvalue weighted by Crippen LogP contribution is 2.45. The number of benzene rings is 1. The first-order valence-electron chi connectivity index (χ1n) is 7.77. The third-order valence-corrected chi connectivity index (χ3v) is 4.89. The molecule has 1 aromatic carbocycles.